The lowest BCUT2D eigenvalue weighted by Gasteiger charge is -2.16. The minimum Gasteiger partial charge on any atom is -0.393 e. The van der Waals surface area contributed by atoms with Gasteiger partial charge in [0.05, 0.1) is 6.10 Å². The van der Waals surface area contributed by atoms with Crippen molar-refractivity contribution in [2.24, 2.45) is 5.92 Å². The quantitative estimate of drug-likeness (QED) is 0.753. The van der Waals surface area contributed by atoms with E-state index < -0.39 is 0 Å². The summed E-state index contributed by atoms with van der Waals surface area (Å²) in [6.45, 7) is 0. The normalized spacial score (nSPS) is 27.3. The van der Waals surface area contributed by atoms with E-state index in [1.165, 1.54) is 24.8 Å². The topological polar surface area (TPSA) is 33.1 Å². The molecule has 0 radical (unpaired) electrons. The van der Waals surface area contributed by atoms with Crippen molar-refractivity contribution in [3.8, 4) is 0 Å². The standard InChI is InChI=1S/C13H19NO/c15-13-4-2-1-3-12(10-13)9-11-5-7-14-8-6-11/h5-8,12-13,15H,1-4,9-10H2. The number of pyridine rings is 1. The van der Waals surface area contributed by atoms with Gasteiger partial charge in [-0.1, -0.05) is 19.3 Å². The molecule has 1 aliphatic rings. The van der Waals surface area contributed by atoms with E-state index in [2.05, 4.69) is 17.1 Å². The van der Waals surface area contributed by atoms with E-state index in [4.69, 9.17) is 0 Å². The molecule has 2 rings (SSSR count). The van der Waals surface area contributed by atoms with Gasteiger partial charge < -0.3 is 5.11 Å². The van der Waals surface area contributed by atoms with Gasteiger partial charge in [0.15, 0.2) is 0 Å². The molecule has 1 aromatic rings. The van der Waals surface area contributed by atoms with Crippen LogP contribution in [0.3, 0.4) is 0 Å². The molecule has 0 bridgehead atoms. The van der Waals surface area contributed by atoms with Gasteiger partial charge in [0.1, 0.15) is 0 Å². The second-order valence-electron chi connectivity index (χ2n) is 4.60. The summed E-state index contributed by atoms with van der Waals surface area (Å²) < 4.78 is 0. The molecule has 1 heterocycles. The smallest absolute Gasteiger partial charge is 0.0543 e. The molecule has 2 nitrogen and oxygen atoms in total. The highest BCUT2D eigenvalue weighted by atomic mass is 16.3. The van der Waals surface area contributed by atoms with Crippen molar-refractivity contribution in [1.82, 2.24) is 4.98 Å². The van der Waals surface area contributed by atoms with Crippen LogP contribution in [0.1, 0.15) is 37.7 Å². The molecule has 2 atom stereocenters. The van der Waals surface area contributed by atoms with Gasteiger partial charge in [0, 0.05) is 12.4 Å². The molecule has 82 valence electrons. The molecule has 2 heteroatoms. The molecule has 15 heavy (non-hydrogen) atoms. The van der Waals surface area contributed by atoms with Crippen molar-refractivity contribution < 1.29 is 5.11 Å². The van der Waals surface area contributed by atoms with Crippen molar-refractivity contribution in [2.45, 2.75) is 44.6 Å². The Morgan fingerprint density at radius 1 is 1.20 bits per heavy atom. The first-order chi connectivity index (χ1) is 7.34. The minimum atomic E-state index is -0.0701. The number of aliphatic hydroxyl groups is 1. The zero-order valence-corrected chi connectivity index (χ0v) is 9.10. The van der Waals surface area contributed by atoms with Gasteiger partial charge in [-0.15, -0.1) is 0 Å². The van der Waals surface area contributed by atoms with Crippen LogP contribution in [-0.4, -0.2) is 16.2 Å². The summed E-state index contributed by atoms with van der Waals surface area (Å²) in [5, 5.41) is 9.73. The van der Waals surface area contributed by atoms with E-state index in [9.17, 15) is 5.11 Å². The SMILES string of the molecule is OC1CCCCC(Cc2ccncc2)C1. The number of hydrogen-bond donors (Lipinski definition) is 1. The highest BCUT2D eigenvalue weighted by Crippen LogP contribution is 2.26. The van der Waals surface area contributed by atoms with E-state index >= 15 is 0 Å². The highest BCUT2D eigenvalue weighted by molar-refractivity contribution is 5.10. The fraction of sp³-hybridized carbons (Fsp3) is 0.615. The van der Waals surface area contributed by atoms with Crippen LogP contribution >= 0.6 is 0 Å². The van der Waals surface area contributed by atoms with E-state index in [0.29, 0.717) is 5.92 Å². The van der Waals surface area contributed by atoms with Gasteiger partial charge >= 0.3 is 0 Å². The van der Waals surface area contributed by atoms with Gasteiger partial charge in [-0.2, -0.15) is 0 Å². The van der Waals surface area contributed by atoms with E-state index in [-0.39, 0.29) is 6.10 Å². The largest absolute Gasteiger partial charge is 0.393 e. The third-order valence-electron chi connectivity index (χ3n) is 3.28. The lowest BCUT2D eigenvalue weighted by molar-refractivity contribution is 0.141. The fourth-order valence-electron chi connectivity index (χ4n) is 2.47. The lowest BCUT2D eigenvalue weighted by Crippen LogP contribution is -2.12. The number of nitrogens with zero attached hydrogens (tertiary/aromatic N) is 1. The number of aromatic nitrogens is 1. The summed E-state index contributed by atoms with van der Waals surface area (Å²) in [5.74, 6) is 0.657. The van der Waals surface area contributed by atoms with E-state index in [0.717, 1.165) is 19.3 Å². The molecule has 1 fully saturated rings. The van der Waals surface area contributed by atoms with Crippen LogP contribution in [0.5, 0.6) is 0 Å². The Morgan fingerprint density at radius 2 is 1.93 bits per heavy atom. The first-order valence-corrected chi connectivity index (χ1v) is 5.91. The third kappa shape index (κ3) is 3.31. The summed E-state index contributed by atoms with van der Waals surface area (Å²) in [6, 6.07) is 4.16. The van der Waals surface area contributed by atoms with Crippen molar-refractivity contribution >= 4 is 0 Å². The predicted octanol–water partition coefficient (Wildman–Crippen LogP) is 2.57. The predicted molar refractivity (Wildman–Crippen MR) is 60.5 cm³/mol. The van der Waals surface area contributed by atoms with Gasteiger partial charge in [-0.25, -0.2) is 0 Å². The molecule has 1 aromatic heterocycles. The molecule has 0 aliphatic heterocycles. The molecule has 2 unspecified atom stereocenters. The first-order valence-electron chi connectivity index (χ1n) is 5.91. The molecule has 1 N–H and O–H groups in total. The van der Waals surface area contributed by atoms with Crippen molar-refractivity contribution in [3.63, 3.8) is 0 Å². The molecular formula is C13H19NO. The van der Waals surface area contributed by atoms with Crippen LogP contribution < -0.4 is 0 Å². The van der Waals surface area contributed by atoms with Crippen LogP contribution in [0.15, 0.2) is 24.5 Å². The Morgan fingerprint density at radius 3 is 2.73 bits per heavy atom. The Kier molecular flexibility index (Phi) is 3.73. The van der Waals surface area contributed by atoms with E-state index in [1.807, 2.05) is 12.4 Å². The summed E-state index contributed by atoms with van der Waals surface area (Å²) in [4.78, 5) is 4.02. The molecule has 0 aromatic carbocycles. The summed E-state index contributed by atoms with van der Waals surface area (Å²) >= 11 is 0. The molecule has 1 saturated carbocycles. The second-order valence-corrected chi connectivity index (χ2v) is 4.60. The molecule has 0 spiro atoms. The maximum Gasteiger partial charge on any atom is 0.0543 e. The van der Waals surface area contributed by atoms with Crippen LogP contribution in [0.25, 0.3) is 0 Å². The van der Waals surface area contributed by atoms with Gasteiger partial charge in [-0.05, 0) is 42.9 Å². The first kappa shape index (κ1) is 10.6. The Labute approximate surface area is 91.4 Å². The lowest BCUT2D eigenvalue weighted by atomic mass is 9.92. The Hall–Kier alpha value is -0.890. The molecule has 0 saturated heterocycles. The van der Waals surface area contributed by atoms with Crippen LogP contribution in [0, 0.1) is 5.92 Å². The minimum absolute atomic E-state index is 0.0701. The summed E-state index contributed by atoms with van der Waals surface area (Å²) in [7, 11) is 0. The van der Waals surface area contributed by atoms with Gasteiger partial charge in [-0.3, -0.25) is 4.98 Å². The number of rotatable bonds is 2. The van der Waals surface area contributed by atoms with Crippen molar-refractivity contribution in [2.75, 3.05) is 0 Å². The monoisotopic (exact) mass is 205 g/mol. The van der Waals surface area contributed by atoms with Gasteiger partial charge in [0.2, 0.25) is 0 Å². The van der Waals surface area contributed by atoms with Crippen LogP contribution in [0.4, 0.5) is 0 Å². The maximum atomic E-state index is 9.73. The molecule has 1 aliphatic carbocycles. The van der Waals surface area contributed by atoms with E-state index in [1.54, 1.807) is 0 Å². The second kappa shape index (κ2) is 5.26. The average molecular weight is 205 g/mol. The van der Waals surface area contributed by atoms with Gasteiger partial charge in [0.25, 0.3) is 0 Å². The third-order valence-corrected chi connectivity index (χ3v) is 3.28. The van der Waals surface area contributed by atoms with Crippen LogP contribution in [0.2, 0.25) is 0 Å². The molecular weight excluding hydrogens is 186 g/mol. The summed E-state index contributed by atoms with van der Waals surface area (Å²) in [6.07, 6.45) is 10.4. The fourth-order valence-corrected chi connectivity index (χ4v) is 2.47. The highest BCUT2D eigenvalue weighted by Gasteiger charge is 2.18. The molecule has 0 amide bonds. The van der Waals surface area contributed by atoms with Crippen molar-refractivity contribution in [3.05, 3.63) is 30.1 Å². The number of aliphatic hydroxyl groups excluding tert-OH is 1. The maximum absolute atomic E-state index is 9.73. The summed E-state index contributed by atoms with van der Waals surface area (Å²) in [5.41, 5.74) is 1.35. The zero-order valence-electron chi connectivity index (χ0n) is 9.10. The Bertz CT molecular complexity index is 286. The van der Waals surface area contributed by atoms with Crippen molar-refractivity contribution in [1.29, 1.82) is 0 Å². The Balaban J connectivity index is 1.93. The van der Waals surface area contributed by atoms with Crippen LogP contribution in [-0.2, 0) is 6.42 Å². The number of hydrogen-bond acceptors (Lipinski definition) is 2. The average Bonchev–Trinajstić information content (AvgIpc) is 2.44. The zero-order chi connectivity index (χ0) is 10.5.